The van der Waals surface area contributed by atoms with Crippen molar-refractivity contribution in [1.29, 1.82) is 0 Å². The molecule has 1 aromatic rings. The van der Waals surface area contributed by atoms with Crippen LogP contribution in [0, 0.1) is 5.92 Å². The van der Waals surface area contributed by atoms with Gasteiger partial charge in [0.05, 0.1) is 12.8 Å². The summed E-state index contributed by atoms with van der Waals surface area (Å²) in [6.45, 7) is 5.55. The third-order valence-corrected chi connectivity index (χ3v) is 2.77. The molecule has 1 saturated heterocycles. The fourth-order valence-corrected chi connectivity index (χ4v) is 1.96. The Kier molecular flexibility index (Phi) is 3.16. The van der Waals surface area contributed by atoms with Crippen LogP contribution in [0.15, 0.2) is 12.3 Å². The van der Waals surface area contributed by atoms with E-state index in [9.17, 15) is 0 Å². The summed E-state index contributed by atoms with van der Waals surface area (Å²) in [5.41, 5.74) is 1.04. The summed E-state index contributed by atoms with van der Waals surface area (Å²) < 4.78 is 5.00. The zero-order chi connectivity index (χ0) is 10.7. The standard InChI is InChI=1S/C11H17N3O/c1-9-4-6-14(7-9)8-10-3-5-12-11(13-10)15-2/h3,5,9H,4,6-8H2,1-2H3. The highest BCUT2D eigenvalue weighted by Crippen LogP contribution is 2.17. The highest BCUT2D eigenvalue weighted by molar-refractivity contribution is 5.05. The first kappa shape index (κ1) is 10.4. The first-order valence-corrected chi connectivity index (χ1v) is 5.36. The van der Waals surface area contributed by atoms with Gasteiger partial charge in [0.25, 0.3) is 0 Å². The second-order valence-corrected chi connectivity index (χ2v) is 4.16. The lowest BCUT2D eigenvalue weighted by Gasteiger charge is -2.14. The minimum Gasteiger partial charge on any atom is -0.467 e. The Hall–Kier alpha value is -1.16. The third-order valence-electron chi connectivity index (χ3n) is 2.77. The van der Waals surface area contributed by atoms with Crippen molar-refractivity contribution in [2.24, 2.45) is 5.92 Å². The fraction of sp³-hybridized carbons (Fsp3) is 0.636. The van der Waals surface area contributed by atoms with E-state index < -0.39 is 0 Å². The molecule has 0 saturated carbocycles. The van der Waals surface area contributed by atoms with Crippen LogP contribution in [0.25, 0.3) is 0 Å². The van der Waals surface area contributed by atoms with Crippen LogP contribution in [0.4, 0.5) is 0 Å². The van der Waals surface area contributed by atoms with E-state index in [1.807, 2.05) is 6.07 Å². The van der Waals surface area contributed by atoms with E-state index in [1.54, 1.807) is 13.3 Å². The highest BCUT2D eigenvalue weighted by atomic mass is 16.5. The van der Waals surface area contributed by atoms with Crippen molar-refractivity contribution in [3.05, 3.63) is 18.0 Å². The van der Waals surface area contributed by atoms with Crippen LogP contribution in [-0.4, -0.2) is 35.1 Å². The zero-order valence-electron chi connectivity index (χ0n) is 9.31. The normalized spacial score (nSPS) is 21.9. The van der Waals surface area contributed by atoms with Gasteiger partial charge in [-0.15, -0.1) is 0 Å². The van der Waals surface area contributed by atoms with Crippen LogP contribution < -0.4 is 4.74 Å². The van der Waals surface area contributed by atoms with Crippen LogP contribution in [0.3, 0.4) is 0 Å². The van der Waals surface area contributed by atoms with Gasteiger partial charge in [-0.25, -0.2) is 4.98 Å². The van der Waals surface area contributed by atoms with E-state index in [2.05, 4.69) is 21.8 Å². The Morgan fingerprint density at radius 2 is 2.47 bits per heavy atom. The lowest BCUT2D eigenvalue weighted by Crippen LogP contribution is -2.20. The summed E-state index contributed by atoms with van der Waals surface area (Å²) in [5.74, 6) is 0.814. The van der Waals surface area contributed by atoms with E-state index >= 15 is 0 Å². The molecule has 1 aliphatic rings. The van der Waals surface area contributed by atoms with E-state index in [-0.39, 0.29) is 0 Å². The van der Waals surface area contributed by atoms with E-state index in [0.717, 1.165) is 18.2 Å². The molecular formula is C11H17N3O. The Balaban J connectivity index is 1.98. The number of hydrogen-bond acceptors (Lipinski definition) is 4. The minimum atomic E-state index is 0.458. The molecule has 0 radical (unpaired) electrons. The van der Waals surface area contributed by atoms with Gasteiger partial charge >= 0.3 is 6.01 Å². The molecule has 0 aromatic carbocycles. The van der Waals surface area contributed by atoms with Gasteiger partial charge in [0.15, 0.2) is 0 Å². The molecular weight excluding hydrogens is 190 g/mol. The number of ether oxygens (including phenoxy) is 1. The predicted molar refractivity (Wildman–Crippen MR) is 57.6 cm³/mol. The molecule has 1 aromatic heterocycles. The summed E-state index contributed by atoms with van der Waals surface area (Å²) in [7, 11) is 1.59. The van der Waals surface area contributed by atoms with Crippen molar-refractivity contribution in [3.63, 3.8) is 0 Å². The van der Waals surface area contributed by atoms with Crippen molar-refractivity contribution in [1.82, 2.24) is 14.9 Å². The molecule has 82 valence electrons. The summed E-state index contributed by atoms with van der Waals surface area (Å²) in [4.78, 5) is 10.7. The predicted octanol–water partition coefficient (Wildman–Crippen LogP) is 1.33. The number of rotatable bonds is 3. The number of hydrogen-bond donors (Lipinski definition) is 0. The van der Waals surface area contributed by atoms with Crippen LogP contribution in [-0.2, 0) is 6.54 Å². The van der Waals surface area contributed by atoms with Crippen molar-refractivity contribution in [3.8, 4) is 6.01 Å². The molecule has 0 spiro atoms. The van der Waals surface area contributed by atoms with E-state index in [4.69, 9.17) is 4.74 Å². The van der Waals surface area contributed by atoms with Gasteiger partial charge in [-0.05, 0) is 24.9 Å². The zero-order valence-corrected chi connectivity index (χ0v) is 9.31. The Morgan fingerprint density at radius 1 is 1.60 bits per heavy atom. The Labute approximate surface area is 90.3 Å². The highest BCUT2D eigenvalue weighted by Gasteiger charge is 2.18. The fourth-order valence-electron chi connectivity index (χ4n) is 1.96. The number of likely N-dealkylation sites (tertiary alicyclic amines) is 1. The molecule has 1 atom stereocenters. The smallest absolute Gasteiger partial charge is 0.316 e. The number of aromatic nitrogens is 2. The molecule has 0 aliphatic carbocycles. The average molecular weight is 207 g/mol. The number of nitrogens with zero attached hydrogens (tertiary/aromatic N) is 3. The largest absolute Gasteiger partial charge is 0.467 e. The Morgan fingerprint density at radius 3 is 3.13 bits per heavy atom. The van der Waals surface area contributed by atoms with Gasteiger partial charge in [0.1, 0.15) is 0 Å². The van der Waals surface area contributed by atoms with Gasteiger partial charge in [-0.1, -0.05) is 6.92 Å². The lowest BCUT2D eigenvalue weighted by molar-refractivity contribution is 0.311. The van der Waals surface area contributed by atoms with Gasteiger partial charge < -0.3 is 4.74 Å². The Bertz CT molecular complexity index is 329. The summed E-state index contributed by atoms with van der Waals surface area (Å²) in [6, 6.07) is 2.41. The molecule has 1 aliphatic heterocycles. The molecule has 4 nitrogen and oxygen atoms in total. The second kappa shape index (κ2) is 4.57. The average Bonchev–Trinajstić information content (AvgIpc) is 2.64. The van der Waals surface area contributed by atoms with Gasteiger partial charge in [0.2, 0.25) is 0 Å². The maximum atomic E-state index is 5.00. The van der Waals surface area contributed by atoms with Crippen LogP contribution in [0.1, 0.15) is 19.0 Å². The first-order valence-electron chi connectivity index (χ1n) is 5.36. The molecule has 1 unspecified atom stereocenters. The third kappa shape index (κ3) is 2.65. The lowest BCUT2D eigenvalue weighted by atomic mass is 10.2. The van der Waals surface area contributed by atoms with Gasteiger partial charge in [-0.2, -0.15) is 4.98 Å². The van der Waals surface area contributed by atoms with Crippen molar-refractivity contribution in [2.45, 2.75) is 19.9 Å². The molecule has 2 heterocycles. The molecule has 0 amide bonds. The second-order valence-electron chi connectivity index (χ2n) is 4.16. The van der Waals surface area contributed by atoms with E-state index in [0.29, 0.717) is 6.01 Å². The van der Waals surface area contributed by atoms with Crippen molar-refractivity contribution < 1.29 is 4.74 Å². The summed E-state index contributed by atoms with van der Waals surface area (Å²) in [6.07, 6.45) is 3.04. The maximum absolute atomic E-state index is 5.00. The molecule has 0 N–H and O–H groups in total. The van der Waals surface area contributed by atoms with Crippen LogP contribution >= 0.6 is 0 Å². The monoisotopic (exact) mass is 207 g/mol. The van der Waals surface area contributed by atoms with E-state index in [1.165, 1.54) is 19.5 Å². The molecule has 1 fully saturated rings. The van der Waals surface area contributed by atoms with Gasteiger partial charge in [-0.3, -0.25) is 4.90 Å². The first-order chi connectivity index (χ1) is 7.28. The minimum absolute atomic E-state index is 0.458. The molecule has 0 bridgehead atoms. The van der Waals surface area contributed by atoms with Crippen LogP contribution in [0.5, 0.6) is 6.01 Å². The molecule has 2 rings (SSSR count). The summed E-state index contributed by atoms with van der Waals surface area (Å²) >= 11 is 0. The van der Waals surface area contributed by atoms with Gasteiger partial charge in [0, 0.05) is 19.3 Å². The molecule has 15 heavy (non-hydrogen) atoms. The van der Waals surface area contributed by atoms with Crippen molar-refractivity contribution >= 4 is 0 Å². The van der Waals surface area contributed by atoms with Crippen molar-refractivity contribution in [2.75, 3.05) is 20.2 Å². The maximum Gasteiger partial charge on any atom is 0.316 e. The van der Waals surface area contributed by atoms with Crippen LogP contribution in [0.2, 0.25) is 0 Å². The quantitative estimate of drug-likeness (QED) is 0.749. The number of methoxy groups -OCH3 is 1. The SMILES string of the molecule is COc1nccc(CN2CCC(C)C2)n1. The topological polar surface area (TPSA) is 38.2 Å². The summed E-state index contributed by atoms with van der Waals surface area (Å²) in [5, 5.41) is 0. The molecule has 4 heteroatoms.